The van der Waals surface area contributed by atoms with E-state index < -0.39 is 5.97 Å². The maximum Gasteiger partial charge on any atom is 0.331 e. The first-order valence-corrected chi connectivity index (χ1v) is 6.83. The number of hydrogen-bond acceptors (Lipinski definition) is 2. The largest absolute Gasteiger partial charge is 0.478 e. The molecule has 0 aliphatic carbocycles. The van der Waals surface area contributed by atoms with Crippen molar-refractivity contribution in [2.75, 3.05) is 0 Å². The highest BCUT2D eigenvalue weighted by molar-refractivity contribution is 6.00. The van der Waals surface area contributed by atoms with Crippen LogP contribution in [0.3, 0.4) is 0 Å². The molecule has 1 aliphatic heterocycles. The lowest BCUT2D eigenvalue weighted by Gasteiger charge is -2.27. The molecule has 1 atom stereocenters. The summed E-state index contributed by atoms with van der Waals surface area (Å²) in [4.78, 5) is 25.4. The number of aliphatic carboxylic acids is 1. The molecule has 0 spiro atoms. The molecule has 1 aliphatic rings. The Balaban J connectivity index is 2.53. The van der Waals surface area contributed by atoms with Crippen molar-refractivity contribution >= 4 is 11.9 Å². The molecule has 0 saturated carbocycles. The van der Waals surface area contributed by atoms with Crippen molar-refractivity contribution in [3.63, 3.8) is 0 Å². The van der Waals surface area contributed by atoms with Gasteiger partial charge in [0, 0.05) is 17.2 Å². The van der Waals surface area contributed by atoms with Gasteiger partial charge in [-0.1, -0.05) is 25.1 Å². The van der Waals surface area contributed by atoms with Crippen molar-refractivity contribution in [2.24, 2.45) is 0 Å². The van der Waals surface area contributed by atoms with Crippen molar-refractivity contribution < 1.29 is 14.7 Å². The molecule has 20 heavy (non-hydrogen) atoms. The Morgan fingerprint density at radius 1 is 1.40 bits per heavy atom. The first-order chi connectivity index (χ1) is 9.47. The average Bonchev–Trinajstić information content (AvgIpc) is 2.69. The fourth-order valence-corrected chi connectivity index (χ4v) is 2.62. The Labute approximate surface area is 118 Å². The third-order valence-corrected chi connectivity index (χ3v) is 3.62. The molecule has 2 rings (SSSR count). The summed E-state index contributed by atoms with van der Waals surface area (Å²) in [5.41, 5.74) is 1.90. The van der Waals surface area contributed by atoms with E-state index in [0.717, 1.165) is 5.56 Å². The predicted molar refractivity (Wildman–Crippen MR) is 76.5 cm³/mol. The minimum atomic E-state index is -0.923. The minimum Gasteiger partial charge on any atom is -0.478 e. The normalized spacial score (nSPS) is 18.6. The van der Waals surface area contributed by atoms with Gasteiger partial charge in [-0.15, -0.1) is 0 Å². The van der Waals surface area contributed by atoms with Gasteiger partial charge in [-0.05, 0) is 38.0 Å². The van der Waals surface area contributed by atoms with Crippen LogP contribution in [0.25, 0.3) is 0 Å². The van der Waals surface area contributed by atoms with Crippen molar-refractivity contribution in [1.29, 1.82) is 0 Å². The lowest BCUT2D eigenvalue weighted by Crippen LogP contribution is -2.34. The first-order valence-electron chi connectivity index (χ1n) is 6.83. The van der Waals surface area contributed by atoms with Gasteiger partial charge in [0.1, 0.15) is 0 Å². The molecule has 0 bridgehead atoms. The minimum absolute atomic E-state index is 0.0167. The van der Waals surface area contributed by atoms with Crippen LogP contribution in [0.5, 0.6) is 0 Å². The number of carboxylic acid groups (broad SMARTS) is 1. The van der Waals surface area contributed by atoms with Crippen LogP contribution in [-0.4, -0.2) is 27.9 Å². The molecule has 1 aromatic carbocycles. The van der Waals surface area contributed by atoms with E-state index in [0.29, 0.717) is 17.6 Å². The third-order valence-electron chi connectivity index (χ3n) is 3.62. The molecule has 106 valence electrons. The molecule has 1 N–H and O–H groups in total. The second-order valence-corrected chi connectivity index (χ2v) is 5.19. The molecular formula is C16H19NO3. The second kappa shape index (κ2) is 5.49. The summed E-state index contributed by atoms with van der Waals surface area (Å²) < 4.78 is 0. The lowest BCUT2D eigenvalue weighted by atomic mass is 10.0. The number of hydrogen-bond donors (Lipinski definition) is 1. The molecule has 1 aromatic rings. The van der Waals surface area contributed by atoms with Crippen LogP contribution in [0.1, 0.15) is 49.2 Å². The average molecular weight is 273 g/mol. The van der Waals surface area contributed by atoms with E-state index in [2.05, 4.69) is 0 Å². The van der Waals surface area contributed by atoms with E-state index in [4.69, 9.17) is 0 Å². The van der Waals surface area contributed by atoms with Gasteiger partial charge in [-0.25, -0.2) is 4.79 Å². The topological polar surface area (TPSA) is 57.6 Å². The molecule has 0 aromatic heterocycles. The van der Waals surface area contributed by atoms with Gasteiger partial charge >= 0.3 is 5.97 Å². The summed E-state index contributed by atoms with van der Waals surface area (Å²) in [5, 5.41) is 9.20. The summed E-state index contributed by atoms with van der Waals surface area (Å²) in [6.07, 6.45) is 2.14. The zero-order chi connectivity index (χ0) is 14.9. The van der Waals surface area contributed by atoms with Crippen LogP contribution < -0.4 is 0 Å². The van der Waals surface area contributed by atoms with Gasteiger partial charge in [0.2, 0.25) is 0 Å². The first kappa shape index (κ1) is 14.3. The monoisotopic (exact) mass is 273 g/mol. The number of amides is 1. The van der Waals surface area contributed by atoms with Crippen LogP contribution in [0, 0.1) is 0 Å². The Hall–Kier alpha value is -2.10. The fraction of sp³-hybridized carbons (Fsp3) is 0.375. The molecule has 1 unspecified atom stereocenters. The molecule has 0 radical (unpaired) electrons. The van der Waals surface area contributed by atoms with E-state index in [1.165, 1.54) is 0 Å². The van der Waals surface area contributed by atoms with Crippen molar-refractivity contribution in [2.45, 2.75) is 39.3 Å². The molecule has 0 saturated heterocycles. The van der Waals surface area contributed by atoms with Crippen molar-refractivity contribution in [1.82, 2.24) is 4.90 Å². The van der Waals surface area contributed by atoms with Gasteiger partial charge in [-0.2, -0.15) is 0 Å². The standard InChI is InChI=1S/C16H19NO3/c1-4-11(16(19)20)9-14-12-7-5-6-8-13(12)15(18)17(14)10(2)3/h5-10,14H,4H2,1-3H3,(H,19,20)/b11-9+. The Morgan fingerprint density at radius 2 is 2.05 bits per heavy atom. The maximum absolute atomic E-state index is 12.4. The van der Waals surface area contributed by atoms with Gasteiger partial charge in [0.05, 0.1) is 6.04 Å². The molecule has 0 fully saturated rings. The maximum atomic E-state index is 12.4. The van der Waals surface area contributed by atoms with E-state index in [-0.39, 0.29) is 18.0 Å². The predicted octanol–water partition coefficient (Wildman–Crippen LogP) is 3.01. The summed E-state index contributed by atoms with van der Waals surface area (Å²) in [7, 11) is 0. The fourth-order valence-electron chi connectivity index (χ4n) is 2.62. The van der Waals surface area contributed by atoms with E-state index in [1.807, 2.05) is 39.0 Å². The van der Waals surface area contributed by atoms with Crippen LogP contribution >= 0.6 is 0 Å². The highest BCUT2D eigenvalue weighted by Gasteiger charge is 2.37. The molecule has 1 heterocycles. The quantitative estimate of drug-likeness (QED) is 0.858. The summed E-state index contributed by atoms with van der Waals surface area (Å²) in [6.45, 7) is 5.69. The highest BCUT2D eigenvalue weighted by Crippen LogP contribution is 2.36. The van der Waals surface area contributed by atoms with Gasteiger partial charge < -0.3 is 10.0 Å². The SMILES string of the molecule is CC/C(=C\C1c2ccccc2C(=O)N1C(C)C)C(=O)O. The number of nitrogens with zero attached hydrogens (tertiary/aromatic N) is 1. The number of carbonyl (C=O) groups is 2. The summed E-state index contributed by atoms with van der Waals surface area (Å²) in [5.74, 6) is -0.953. The number of carbonyl (C=O) groups excluding carboxylic acids is 1. The van der Waals surface area contributed by atoms with Gasteiger partial charge in [0.25, 0.3) is 5.91 Å². The Morgan fingerprint density at radius 3 is 2.60 bits per heavy atom. The molecule has 4 nitrogen and oxygen atoms in total. The van der Waals surface area contributed by atoms with Gasteiger partial charge in [-0.3, -0.25) is 4.79 Å². The third kappa shape index (κ3) is 2.33. The van der Waals surface area contributed by atoms with Crippen molar-refractivity contribution in [3.05, 3.63) is 47.0 Å². The van der Waals surface area contributed by atoms with E-state index in [9.17, 15) is 14.7 Å². The van der Waals surface area contributed by atoms with Crippen LogP contribution in [0.15, 0.2) is 35.9 Å². The molecular weight excluding hydrogens is 254 g/mol. The van der Waals surface area contributed by atoms with E-state index in [1.54, 1.807) is 17.0 Å². The van der Waals surface area contributed by atoms with Crippen molar-refractivity contribution in [3.8, 4) is 0 Å². The van der Waals surface area contributed by atoms with Crippen LogP contribution in [-0.2, 0) is 4.79 Å². The van der Waals surface area contributed by atoms with Crippen LogP contribution in [0.4, 0.5) is 0 Å². The zero-order valence-corrected chi connectivity index (χ0v) is 12.0. The van der Waals surface area contributed by atoms with E-state index >= 15 is 0 Å². The Bertz CT molecular complexity index is 575. The number of rotatable bonds is 4. The smallest absolute Gasteiger partial charge is 0.331 e. The zero-order valence-electron chi connectivity index (χ0n) is 12.0. The number of carboxylic acids is 1. The van der Waals surface area contributed by atoms with Gasteiger partial charge in [0.15, 0.2) is 0 Å². The Kier molecular flexibility index (Phi) is 3.93. The van der Waals surface area contributed by atoms with Crippen LogP contribution in [0.2, 0.25) is 0 Å². The number of benzene rings is 1. The summed E-state index contributed by atoms with van der Waals surface area (Å²) >= 11 is 0. The second-order valence-electron chi connectivity index (χ2n) is 5.19. The molecule has 1 amide bonds. The molecule has 4 heteroatoms. The summed E-state index contributed by atoms with van der Waals surface area (Å²) in [6, 6.07) is 7.13. The lowest BCUT2D eigenvalue weighted by molar-refractivity contribution is -0.132. The highest BCUT2D eigenvalue weighted by atomic mass is 16.4. The number of fused-ring (bicyclic) bond motifs is 1.